The van der Waals surface area contributed by atoms with Crippen molar-refractivity contribution < 1.29 is 14.9 Å². The Morgan fingerprint density at radius 1 is 1.16 bits per heavy atom. The third-order valence-corrected chi connectivity index (χ3v) is 4.96. The largest absolute Gasteiger partial charge is 0.463 e. The second kappa shape index (κ2) is 5.64. The summed E-state index contributed by atoms with van der Waals surface area (Å²) >= 11 is 0. The number of hydrogen-bond acceptors (Lipinski definition) is 1. The molecule has 2 aliphatic carbocycles. The highest BCUT2D eigenvalue weighted by atomic mass is 16.3. The van der Waals surface area contributed by atoms with Gasteiger partial charge in [-0.2, -0.15) is 0 Å². The number of carbonyl (C=O) groups excluding carboxylic acids is 1. The predicted molar refractivity (Wildman–Crippen MR) is 76.0 cm³/mol. The number of aliphatic hydroxyl groups is 1. The first-order valence-corrected chi connectivity index (χ1v) is 7.77. The highest BCUT2D eigenvalue weighted by Crippen LogP contribution is 2.37. The monoisotopic (exact) mass is 266 g/mol. The van der Waals surface area contributed by atoms with E-state index in [0.29, 0.717) is 23.5 Å². The third kappa shape index (κ3) is 3.18. The molecule has 2 fully saturated rings. The van der Waals surface area contributed by atoms with Crippen molar-refractivity contribution in [2.24, 2.45) is 29.6 Å². The van der Waals surface area contributed by atoms with Crippen molar-refractivity contribution in [3.8, 4) is 0 Å². The van der Waals surface area contributed by atoms with Gasteiger partial charge in [0, 0.05) is 11.8 Å². The number of rotatable bonds is 5. The number of ketones is 1. The molecule has 0 aromatic rings. The Morgan fingerprint density at radius 2 is 1.79 bits per heavy atom. The molecule has 2 rings (SSSR count). The van der Waals surface area contributed by atoms with E-state index in [1.807, 2.05) is 0 Å². The Hall–Kier alpha value is -0.860. The zero-order valence-electron chi connectivity index (χ0n) is 12.6. The molecule has 3 nitrogen and oxygen atoms in total. The van der Waals surface area contributed by atoms with Crippen LogP contribution < -0.4 is 4.99 Å². The van der Waals surface area contributed by atoms with Crippen molar-refractivity contribution in [1.82, 2.24) is 0 Å². The maximum Gasteiger partial charge on any atom is 0.336 e. The van der Waals surface area contributed by atoms with Gasteiger partial charge in [0.25, 0.3) is 0 Å². The van der Waals surface area contributed by atoms with Gasteiger partial charge >= 0.3 is 5.90 Å². The number of carbonyl (C=O) groups is 1. The van der Waals surface area contributed by atoms with Crippen molar-refractivity contribution >= 4 is 11.7 Å². The van der Waals surface area contributed by atoms with Gasteiger partial charge in [-0.05, 0) is 31.1 Å². The van der Waals surface area contributed by atoms with Gasteiger partial charge < -0.3 is 5.11 Å². The highest BCUT2D eigenvalue weighted by Gasteiger charge is 2.44. The van der Waals surface area contributed by atoms with Crippen molar-refractivity contribution in [2.45, 2.75) is 59.4 Å². The van der Waals surface area contributed by atoms with Crippen molar-refractivity contribution in [3.05, 3.63) is 0 Å². The van der Waals surface area contributed by atoms with Crippen LogP contribution in [0.5, 0.6) is 0 Å². The summed E-state index contributed by atoms with van der Waals surface area (Å²) in [5, 5.41) is 10.1. The topological polar surface area (TPSA) is 51.3 Å². The number of nitrogens with one attached hydrogen (secondary N) is 1. The molecule has 0 saturated heterocycles. The van der Waals surface area contributed by atoms with E-state index in [2.05, 4.69) is 32.7 Å². The molecule has 2 aliphatic rings. The minimum Gasteiger partial charge on any atom is -0.463 e. The minimum atomic E-state index is -0.224. The molecule has 0 amide bonds. The normalized spacial score (nSPS) is 36.6. The summed E-state index contributed by atoms with van der Waals surface area (Å²) in [6, 6.07) is -0.224. The lowest BCUT2D eigenvalue weighted by atomic mass is 9.86. The average Bonchev–Trinajstić information content (AvgIpc) is 2.91. The quantitative estimate of drug-likeness (QED) is 0.588. The summed E-state index contributed by atoms with van der Waals surface area (Å²) in [7, 11) is 0. The van der Waals surface area contributed by atoms with Crippen LogP contribution in [0.15, 0.2) is 0 Å². The van der Waals surface area contributed by atoms with Crippen LogP contribution in [-0.4, -0.2) is 22.8 Å². The van der Waals surface area contributed by atoms with Gasteiger partial charge in [-0.3, -0.25) is 4.79 Å². The fourth-order valence-corrected chi connectivity index (χ4v) is 3.33. The fourth-order valence-electron chi connectivity index (χ4n) is 3.33. The smallest absolute Gasteiger partial charge is 0.336 e. The SMILES string of the molecule is CC1CC1C(O)=[NH+][C@H](C(=O)[C@@H]1CCC[C@H]1C)C(C)C. The molecule has 0 aromatic heterocycles. The van der Waals surface area contributed by atoms with Gasteiger partial charge in [0.15, 0.2) is 0 Å². The van der Waals surface area contributed by atoms with Gasteiger partial charge in [0.1, 0.15) is 0 Å². The van der Waals surface area contributed by atoms with E-state index in [-0.39, 0.29) is 23.8 Å². The predicted octanol–water partition coefficient (Wildman–Crippen LogP) is 1.71. The zero-order chi connectivity index (χ0) is 14.2. The maximum atomic E-state index is 12.7. The number of Topliss-reactive ketones (excluding diaryl/α,β-unsaturated/α-hetero) is 1. The molecule has 2 N–H and O–H groups in total. The van der Waals surface area contributed by atoms with Gasteiger partial charge in [0.05, 0.1) is 5.92 Å². The fraction of sp³-hybridized carbons (Fsp3) is 0.875. The molecular weight excluding hydrogens is 238 g/mol. The molecule has 5 atom stereocenters. The summed E-state index contributed by atoms with van der Waals surface area (Å²) in [5.74, 6) is 2.36. The standard InChI is InChI=1S/C16H27NO2/c1-9(2)14(17-16(19)13-8-11(13)4)15(18)12-7-5-6-10(12)3/h9-14H,5-8H2,1-4H3,(H,17,19)/p+1/t10-,11?,12-,13?,14+/m1/s1. The second-order valence-corrected chi connectivity index (χ2v) is 6.99. The number of hydrogen-bond donors (Lipinski definition) is 2. The molecule has 2 saturated carbocycles. The van der Waals surface area contributed by atoms with Crippen LogP contribution in [0, 0.1) is 29.6 Å². The van der Waals surface area contributed by atoms with Crippen LogP contribution in [0.4, 0.5) is 0 Å². The molecule has 0 radical (unpaired) electrons. The first-order chi connectivity index (χ1) is 8.91. The van der Waals surface area contributed by atoms with E-state index < -0.39 is 0 Å². The van der Waals surface area contributed by atoms with E-state index >= 15 is 0 Å². The third-order valence-electron chi connectivity index (χ3n) is 4.96. The van der Waals surface area contributed by atoms with Crippen molar-refractivity contribution in [1.29, 1.82) is 0 Å². The van der Waals surface area contributed by atoms with Gasteiger partial charge in [-0.15, -0.1) is 0 Å². The van der Waals surface area contributed by atoms with E-state index in [9.17, 15) is 9.90 Å². The molecule has 0 bridgehead atoms. The van der Waals surface area contributed by atoms with Crippen molar-refractivity contribution in [3.63, 3.8) is 0 Å². The van der Waals surface area contributed by atoms with Gasteiger partial charge in [-0.25, -0.2) is 4.99 Å². The molecule has 3 heteroatoms. The highest BCUT2D eigenvalue weighted by molar-refractivity contribution is 5.86. The van der Waals surface area contributed by atoms with Crippen LogP contribution >= 0.6 is 0 Å². The van der Waals surface area contributed by atoms with Crippen molar-refractivity contribution in [2.75, 3.05) is 0 Å². The van der Waals surface area contributed by atoms with E-state index in [0.717, 1.165) is 25.7 Å². The van der Waals surface area contributed by atoms with Crippen LogP contribution in [-0.2, 0) is 4.79 Å². The summed E-state index contributed by atoms with van der Waals surface area (Å²) < 4.78 is 0. The zero-order valence-corrected chi connectivity index (χ0v) is 12.6. The Morgan fingerprint density at radius 3 is 2.21 bits per heavy atom. The van der Waals surface area contributed by atoms with Crippen LogP contribution in [0.1, 0.15) is 53.4 Å². The first-order valence-electron chi connectivity index (χ1n) is 7.77. The first kappa shape index (κ1) is 14.5. The lowest BCUT2D eigenvalue weighted by molar-refractivity contribution is -0.506. The lowest BCUT2D eigenvalue weighted by Crippen LogP contribution is -2.84. The molecule has 19 heavy (non-hydrogen) atoms. The lowest BCUT2D eigenvalue weighted by Gasteiger charge is -2.18. The average molecular weight is 266 g/mol. The molecule has 108 valence electrons. The molecule has 0 aliphatic heterocycles. The van der Waals surface area contributed by atoms with E-state index in [4.69, 9.17) is 0 Å². The van der Waals surface area contributed by atoms with Gasteiger partial charge in [-0.1, -0.05) is 34.1 Å². The Bertz CT molecular complexity index is 375. The molecule has 0 heterocycles. The summed E-state index contributed by atoms with van der Waals surface area (Å²) in [6.07, 6.45) is 4.39. The van der Waals surface area contributed by atoms with Gasteiger partial charge in [0.2, 0.25) is 11.8 Å². The maximum absolute atomic E-state index is 12.7. The number of aliphatic hydroxyl groups excluding tert-OH is 1. The summed E-state index contributed by atoms with van der Waals surface area (Å²) in [5.41, 5.74) is 0. The van der Waals surface area contributed by atoms with Crippen LogP contribution in [0.3, 0.4) is 0 Å². The van der Waals surface area contributed by atoms with Crippen LogP contribution in [0.25, 0.3) is 0 Å². The minimum absolute atomic E-state index is 0.185. The Kier molecular flexibility index (Phi) is 4.32. The summed E-state index contributed by atoms with van der Waals surface area (Å²) in [4.78, 5) is 15.8. The molecule has 2 unspecified atom stereocenters. The Labute approximate surface area is 116 Å². The second-order valence-electron chi connectivity index (χ2n) is 6.99. The molecular formula is C16H28NO2+. The molecule has 0 aromatic carbocycles. The van der Waals surface area contributed by atoms with Crippen LogP contribution in [0.2, 0.25) is 0 Å². The molecule has 0 spiro atoms. The summed E-state index contributed by atoms with van der Waals surface area (Å²) in [6.45, 7) is 8.42. The van der Waals surface area contributed by atoms with E-state index in [1.165, 1.54) is 0 Å². The Balaban J connectivity index is 2.09. The van der Waals surface area contributed by atoms with E-state index in [1.54, 1.807) is 0 Å².